The topological polar surface area (TPSA) is 47.3 Å². The van der Waals surface area contributed by atoms with Gasteiger partial charge in [-0.05, 0) is 18.6 Å². The normalized spacial score (nSPS) is 10.3. The van der Waals surface area contributed by atoms with Crippen molar-refractivity contribution in [3.63, 3.8) is 0 Å². The van der Waals surface area contributed by atoms with E-state index in [0.717, 1.165) is 5.56 Å². The number of hydrogen-bond donors (Lipinski definition) is 2. The predicted molar refractivity (Wildman–Crippen MR) is 80.8 cm³/mol. The van der Waals surface area contributed by atoms with E-state index in [-0.39, 0.29) is 5.75 Å². The van der Waals surface area contributed by atoms with E-state index in [4.69, 9.17) is 22.1 Å². The van der Waals surface area contributed by atoms with Crippen molar-refractivity contribution in [3.05, 3.63) is 52.8 Å². The van der Waals surface area contributed by atoms with Gasteiger partial charge in [0, 0.05) is 23.7 Å². The molecule has 0 saturated carbocycles. The van der Waals surface area contributed by atoms with Gasteiger partial charge in [-0.1, -0.05) is 29.8 Å². The van der Waals surface area contributed by atoms with Crippen LogP contribution >= 0.6 is 11.6 Å². The van der Waals surface area contributed by atoms with Crippen molar-refractivity contribution < 1.29 is 9.13 Å². The Morgan fingerprint density at radius 3 is 2.75 bits per heavy atom. The Bertz CT molecular complexity index is 604. The number of anilines is 2. The summed E-state index contributed by atoms with van der Waals surface area (Å²) >= 11 is 6.08. The maximum Gasteiger partial charge on any atom is 0.167 e. The Morgan fingerprint density at radius 1 is 1.30 bits per heavy atom. The average molecular weight is 295 g/mol. The quantitative estimate of drug-likeness (QED) is 0.817. The molecule has 2 rings (SSSR count). The van der Waals surface area contributed by atoms with Crippen LogP contribution in [0.3, 0.4) is 0 Å². The van der Waals surface area contributed by atoms with Gasteiger partial charge in [-0.25, -0.2) is 4.39 Å². The van der Waals surface area contributed by atoms with Crippen molar-refractivity contribution in [1.82, 2.24) is 0 Å². The van der Waals surface area contributed by atoms with Gasteiger partial charge in [-0.15, -0.1) is 0 Å². The summed E-state index contributed by atoms with van der Waals surface area (Å²) in [6.07, 6.45) is 0. The second kappa shape index (κ2) is 6.48. The molecule has 0 aliphatic rings. The molecule has 0 saturated heterocycles. The minimum atomic E-state index is -0.465. The smallest absolute Gasteiger partial charge is 0.167 e. The standard InChI is InChI=1S/C15H16ClFN2O/c1-2-20-15-8-14(13(18)7-12(15)17)19-9-10-5-3-4-6-11(10)16/h3-8,19H,2,9,18H2,1H3. The highest BCUT2D eigenvalue weighted by Crippen LogP contribution is 2.29. The lowest BCUT2D eigenvalue weighted by atomic mass is 10.2. The fourth-order valence-corrected chi connectivity index (χ4v) is 2.02. The molecular weight excluding hydrogens is 279 g/mol. The summed E-state index contributed by atoms with van der Waals surface area (Å²) in [5.74, 6) is -0.281. The number of nitrogens with one attached hydrogen (secondary N) is 1. The molecule has 0 bridgehead atoms. The minimum Gasteiger partial charge on any atom is -0.491 e. The van der Waals surface area contributed by atoms with Crippen LogP contribution in [0.1, 0.15) is 12.5 Å². The summed E-state index contributed by atoms with van der Waals surface area (Å²) in [6.45, 7) is 2.69. The molecule has 3 nitrogen and oxygen atoms in total. The Labute approximate surface area is 122 Å². The van der Waals surface area contributed by atoms with Gasteiger partial charge < -0.3 is 15.8 Å². The number of nitrogen functional groups attached to an aromatic ring is 1. The third-order valence-corrected chi connectivity index (χ3v) is 3.20. The van der Waals surface area contributed by atoms with Gasteiger partial charge in [0.2, 0.25) is 0 Å². The number of nitrogens with two attached hydrogens (primary N) is 1. The van der Waals surface area contributed by atoms with Gasteiger partial charge in [0.25, 0.3) is 0 Å². The lowest BCUT2D eigenvalue weighted by Crippen LogP contribution is -2.05. The molecule has 106 valence electrons. The first-order chi connectivity index (χ1) is 9.61. The molecule has 0 aromatic heterocycles. The van der Waals surface area contributed by atoms with Gasteiger partial charge >= 0.3 is 0 Å². The van der Waals surface area contributed by atoms with Crippen LogP contribution in [0.25, 0.3) is 0 Å². The molecule has 0 radical (unpaired) electrons. The Morgan fingerprint density at radius 2 is 2.05 bits per heavy atom. The number of halogens is 2. The van der Waals surface area contributed by atoms with Crippen LogP contribution in [0.15, 0.2) is 36.4 Å². The monoisotopic (exact) mass is 294 g/mol. The largest absolute Gasteiger partial charge is 0.491 e. The molecule has 0 spiro atoms. The molecule has 0 unspecified atom stereocenters. The van der Waals surface area contributed by atoms with Crippen LogP contribution in [0.4, 0.5) is 15.8 Å². The molecule has 3 N–H and O–H groups in total. The fourth-order valence-electron chi connectivity index (χ4n) is 1.82. The lowest BCUT2D eigenvalue weighted by molar-refractivity contribution is 0.322. The Balaban J connectivity index is 2.17. The van der Waals surface area contributed by atoms with Gasteiger partial charge in [-0.2, -0.15) is 0 Å². The van der Waals surface area contributed by atoms with Crippen LogP contribution < -0.4 is 15.8 Å². The third kappa shape index (κ3) is 3.33. The number of rotatable bonds is 5. The van der Waals surface area contributed by atoms with E-state index in [0.29, 0.717) is 29.5 Å². The zero-order valence-corrected chi connectivity index (χ0v) is 11.9. The highest BCUT2D eigenvalue weighted by molar-refractivity contribution is 6.31. The van der Waals surface area contributed by atoms with Crippen molar-refractivity contribution in [2.24, 2.45) is 0 Å². The molecule has 0 aliphatic carbocycles. The van der Waals surface area contributed by atoms with Gasteiger partial charge in [0.15, 0.2) is 11.6 Å². The maximum absolute atomic E-state index is 13.6. The van der Waals surface area contributed by atoms with E-state index >= 15 is 0 Å². The van der Waals surface area contributed by atoms with Gasteiger partial charge in [0.1, 0.15) is 0 Å². The summed E-state index contributed by atoms with van der Waals surface area (Å²) in [5.41, 5.74) is 7.69. The van der Waals surface area contributed by atoms with Crippen molar-refractivity contribution in [2.45, 2.75) is 13.5 Å². The Kier molecular flexibility index (Phi) is 4.69. The maximum atomic E-state index is 13.6. The summed E-state index contributed by atoms with van der Waals surface area (Å²) in [6, 6.07) is 10.3. The number of ether oxygens (including phenoxy) is 1. The fraction of sp³-hybridized carbons (Fsp3) is 0.200. The van der Waals surface area contributed by atoms with E-state index in [9.17, 15) is 4.39 Å². The predicted octanol–water partition coefficient (Wildman–Crippen LogP) is 4.07. The van der Waals surface area contributed by atoms with E-state index in [1.807, 2.05) is 24.3 Å². The summed E-state index contributed by atoms with van der Waals surface area (Å²) in [4.78, 5) is 0. The first-order valence-electron chi connectivity index (χ1n) is 6.31. The van der Waals surface area contributed by atoms with E-state index in [1.165, 1.54) is 6.07 Å². The van der Waals surface area contributed by atoms with E-state index in [1.54, 1.807) is 13.0 Å². The van der Waals surface area contributed by atoms with E-state index in [2.05, 4.69) is 5.32 Å². The van der Waals surface area contributed by atoms with Gasteiger partial charge in [0.05, 0.1) is 18.0 Å². The van der Waals surface area contributed by atoms with Crippen LogP contribution in [-0.4, -0.2) is 6.61 Å². The first kappa shape index (κ1) is 14.5. The van der Waals surface area contributed by atoms with Crippen LogP contribution in [-0.2, 0) is 6.54 Å². The molecular formula is C15H16ClFN2O. The zero-order chi connectivity index (χ0) is 14.5. The van der Waals surface area contributed by atoms with Crippen molar-refractivity contribution >= 4 is 23.0 Å². The van der Waals surface area contributed by atoms with Crippen LogP contribution in [0.5, 0.6) is 5.75 Å². The molecule has 0 aliphatic heterocycles. The lowest BCUT2D eigenvalue weighted by Gasteiger charge is -2.13. The first-order valence-corrected chi connectivity index (χ1v) is 6.68. The van der Waals surface area contributed by atoms with Gasteiger partial charge in [-0.3, -0.25) is 0 Å². The molecule has 0 heterocycles. The number of hydrogen-bond acceptors (Lipinski definition) is 3. The third-order valence-electron chi connectivity index (χ3n) is 2.83. The van der Waals surface area contributed by atoms with Crippen molar-refractivity contribution in [3.8, 4) is 5.75 Å². The summed E-state index contributed by atoms with van der Waals surface area (Å²) in [7, 11) is 0. The summed E-state index contributed by atoms with van der Waals surface area (Å²) in [5, 5.41) is 3.81. The van der Waals surface area contributed by atoms with Crippen LogP contribution in [0, 0.1) is 5.82 Å². The molecule has 0 amide bonds. The SMILES string of the molecule is CCOc1cc(NCc2ccccc2Cl)c(N)cc1F. The Hall–Kier alpha value is -1.94. The van der Waals surface area contributed by atoms with Crippen molar-refractivity contribution in [1.29, 1.82) is 0 Å². The molecule has 5 heteroatoms. The second-order valence-electron chi connectivity index (χ2n) is 4.25. The molecule has 20 heavy (non-hydrogen) atoms. The number of benzene rings is 2. The zero-order valence-electron chi connectivity index (χ0n) is 11.1. The van der Waals surface area contributed by atoms with Crippen LogP contribution in [0.2, 0.25) is 5.02 Å². The highest BCUT2D eigenvalue weighted by atomic mass is 35.5. The summed E-state index contributed by atoms with van der Waals surface area (Å²) < 4.78 is 18.8. The molecule has 2 aromatic rings. The average Bonchev–Trinajstić information content (AvgIpc) is 2.42. The van der Waals surface area contributed by atoms with Crippen molar-refractivity contribution in [2.75, 3.05) is 17.7 Å². The second-order valence-corrected chi connectivity index (χ2v) is 4.66. The molecule has 0 fully saturated rings. The molecule has 2 aromatic carbocycles. The van der Waals surface area contributed by atoms with E-state index < -0.39 is 5.82 Å². The molecule has 0 atom stereocenters. The minimum absolute atomic E-state index is 0.184. The highest BCUT2D eigenvalue weighted by Gasteiger charge is 2.09.